The summed E-state index contributed by atoms with van der Waals surface area (Å²) in [4.78, 5) is 0. The lowest BCUT2D eigenvalue weighted by atomic mass is 10.1. The van der Waals surface area contributed by atoms with Crippen LogP contribution in [0.5, 0.6) is 0 Å². The van der Waals surface area contributed by atoms with Crippen LogP contribution in [0.25, 0.3) is 0 Å². The summed E-state index contributed by atoms with van der Waals surface area (Å²) in [6, 6.07) is 0.545. The molecule has 4 N–H and O–H groups in total. The molecule has 76 valence electrons. The second-order valence-electron chi connectivity index (χ2n) is 3.21. The van der Waals surface area contributed by atoms with Crippen LogP contribution in [0.4, 0.5) is 0 Å². The molecule has 0 aromatic carbocycles. The molecule has 0 aromatic heterocycles. The van der Waals surface area contributed by atoms with Gasteiger partial charge in [0.05, 0.1) is 6.04 Å². The van der Waals surface area contributed by atoms with Gasteiger partial charge in [0, 0.05) is 11.8 Å². The summed E-state index contributed by atoms with van der Waals surface area (Å²) in [5, 5.41) is 14.9. The molecule has 2 atom stereocenters. The highest BCUT2D eigenvalue weighted by molar-refractivity contribution is 7.99. The number of nitrogens with two attached hydrogens (primary N) is 1. The van der Waals surface area contributed by atoms with Crippen molar-refractivity contribution in [1.29, 1.82) is 0 Å². The molecule has 1 heterocycles. The van der Waals surface area contributed by atoms with Crippen molar-refractivity contribution < 1.29 is 5.21 Å². The lowest BCUT2D eigenvalue weighted by Crippen LogP contribution is -2.46. The number of hydrogen-bond acceptors (Lipinski definition) is 4. The molecule has 1 aliphatic rings. The van der Waals surface area contributed by atoms with Crippen LogP contribution in [0.3, 0.4) is 0 Å². The number of nitrogens with zero attached hydrogens (tertiary/aromatic N) is 1. The maximum absolute atomic E-state index is 8.53. The Labute approximate surface area is 82.9 Å². The van der Waals surface area contributed by atoms with Gasteiger partial charge in [0.1, 0.15) is 0 Å². The maximum Gasteiger partial charge on any atom is 0.156 e. The first-order valence-corrected chi connectivity index (χ1v) is 5.74. The second-order valence-corrected chi connectivity index (χ2v) is 4.36. The van der Waals surface area contributed by atoms with Crippen LogP contribution in [0, 0.1) is 0 Å². The highest BCUT2D eigenvalue weighted by Crippen LogP contribution is 2.17. The Kier molecular flexibility index (Phi) is 4.38. The smallest absolute Gasteiger partial charge is 0.156 e. The van der Waals surface area contributed by atoms with E-state index in [2.05, 4.69) is 10.5 Å². The van der Waals surface area contributed by atoms with E-state index in [0.29, 0.717) is 11.9 Å². The summed E-state index contributed by atoms with van der Waals surface area (Å²) in [7, 11) is 0. The maximum atomic E-state index is 8.53. The second kappa shape index (κ2) is 5.34. The van der Waals surface area contributed by atoms with Crippen LogP contribution in [0.15, 0.2) is 5.16 Å². The number of nitrogens with one attached hydrogen (secondary N) is 1. The molecule has 13 heavy (non-hydrogen) atoms. The van der Waals surface area contributed by atoms with Crippen LogP contribution in [0.2, 0.25) is 0 Å². The third-order valence-corrected chi connectivity index (χ3v) is 3.41. The Hall–Kier alpha value is -0.420. The first kappa shape index (κ1) is 10.7. The Morgan fingerprint density at radius 3 is 3.08 bits per heavy atom. The first-order valence-electron chi connectivity index (χ1n) is 4.59. The van der Waals surface area contributed by atoms with Crippen molar-refractivity contribution >= 4 is 17.6 Å². The number of amidine groups is 1. The molecule has 5 heteroatoms. The van der Waals surface area contributed by atoms with E-state index in [4.69, 9.17) is 10.9 Å². The van der Waals surface area contributed by atoms with Gasteiger partial charge < -0.3 is 16.3 Å². The third kappa shape index (κ3) is 3.08. The van der Waals surface area contributed by atoms with E-state index in [-0.39, 0.29) is 6.04 Å². The quantitative estimate of drug-likeness (QED) is 0.271. The third-order valence-electron chi connectivity index (χ3n) is 2.25. The molecule has 0 bridgehead atoms. The molecule has 1 saturated heterocycles. The summed E-state index contributed by atoms with van der Waals surface area (Å²) in [5.74, 6) is 2.64. The van der Waals surface area contributed by atoms with Crippen molar-refractivity contribution in [3.63, 3.8) is 0 Å². The normalized spacial score (nSPS) is 26.2. The zero-order valence-electron chi connectivity index (χ0n) is 7.86. The van der Waals surface area contributed by atoms with Crippen molar-refractivity contribution in [2.45, 2.75) is 31.8 Å². The van der Waals surface area contributed by atoms with Gasteiger partial charge in [-0.3, -0.25) is 0 Å². The Morgan fingerprint density at radius 2 is 2.62 bits per heavy atom. The Morgan fingerprint density at radius 1 is 1.85 bits per heavy atom. The molecule has 1 rings (SSSR count). The summed E-state index contributed by atoms with van der Waals surface area (Å²) < 4.78 is 0. The highest BCUT2D eigenvalue weighted by atomic mass is 32.2. The fourth-order valence-corrected chi connectivity index (χ4v) is 2.60. The van der Waals surface area contributed by atoms with Gasteiger partial charge in [-0.2, -0.15) is 11.8 Å². The largest absolute Gasteiger partial charge is 0.409 e. The standard InChI is InChI=1S/C8H17N3OS/c1-2-7(8(9)11-12)10-6-3-4-13-5-6/h6-7,10,12H,2-5H2,1H3,(H2,9,11). The molecule has 1 aliphatic heterocycles. The van der Waals surface area contributed by atoms with E-state index >= 15 is 0 Å². The molecule has 2 unspecified atom stereocenters. The minimum atomic E-state index is 0.0219. The summed E-state index contributed by atoms with van der Waals surface area (Å²) in [6.45, 7) is 2.03. The predicted molar refractivity (Wildman–Crippen MR) is 56.4 cm³/mol. The highest BCUT2D eigenvalue weighted by Gasteiger charge is 2.20. The molecule has 1 fully saturated rings. The summed E-state index contributed by atoms with van der Waals surface area (Å²) >= 11 is 1.95. The van der Waals surface area contributed by atoms with Gasteiger partial charge in [-0.25, -0.2) is 0 Å². The van der Waals surface area contributed by atoms with Gasteiger partial charge in [0.2, 0.25) is 0 Å². The molecule has 0 radical (unpaired) electrons. The van der Waals surface area contributed by atoms with Crippen LogP contribution in [-0.2, 0) is 0 Å². The van der Waals surface area contributed by atoms with Gasteiger partial charge in [0.25, 0.3) is 0 Å². The molecule has 0 amide bonds. The van der Waals surface area contributed by atoms with Crippen molar-refractivity contribution in [1.82, 2.24) is 5.32 Å². The van der Waals surface area contributed by atoms with Crippen LogP contribution >= 0.6 is 11.8 Å². The molecule has 0 aliphatic carbocycles. The van der Waals surface area contributed by atoms with Gasteiger partial charge in [-0.1, -0.05) is 12.1 Å². The molecular weight excluding hydrogens is 186 g/mol. The fourth-order valence-electron chi connectivity index (χ4n) is 1.43. The number of oxime groups is 1. The van der Waals surface area contributed by atoms with Gasteiger partial charge in [-0.05, 0) is 18.6 Å². The van der Waals surface area contributed by atoms with E-state index in [9.17, 15) is 0 Å². The van der Waals surface area contributed by atoms with E-state index in [1.165, 1.54) is 12.2 Å². The van der Waals surface area contributed by atoms with Crippen molar-refractivity contribution in [2.24, 2.45) is 10.9 Å². The zero-order chi connectivity index (χ0) is 9.68. The van der Waals surface area contributed by atoms with E-state index in [1.54, 1.807) is 0 Å². The molecular formula is C8H17N3OS. The van der Waals surface area contributed by atoms with Crippen LogP contribution in [0.1, 0.15) is 19.8 Å². The summed E-state index contributed by atoms with van der Waals surface area (Å²) in [6.07, 6.45) is 2.04. The molecule has 0 aromatic rings. The number of thioether (sulfide) groups is 1. The Bertz CT molecular complexity index is 180. The van der Waals surface area contributed by atoms with Crippen molar-refractivity contribution in [3.05, 3.63) is 0 Å². The van der Waals surface area contributed by atoms with Crippen molar-refractivity contribution in [3.8, 4) is 0 Å². The molecule has 4 nitrogen and oxygen atoms in total. The lowest BCUT2D eigenvalue weighted by Gasteiger charge is -2.19. The minimum Gasteiger partial charge on any atom is -0.409 e. The van der Waals surface area contributed by atoms with Crippen molar-refractivity contribution in [2.75, 3.05) is 11.5 Å². The molecule has 0 saturated carbocycles. The zero-order valence-corrected chi connectivity index (χ0v) is 8.68. The number of rotatable bonds is 4. The predicted octanol–water partition coefficient (Wildman–Crippen LogP) is 0.607. The first-order chi connectivity index (χ1) is 6.27. The average molecular weight is 203 g/mol. The van der Waals surface area contributed by atoms with Crippen LogP contribution < -0.4 is 11.1 Å². The number of hydrogen-bond donors (Lipinski definition) is 3. The fraction of sp³-hybridized carbons (Fsp3) is 0.875. The van der Waals surface area contributed by atoms with E-state index in [0.717, 1.165) is 12.2 Å². The van der Waals surface area contributed by atoms with Gasteiger partial charge in [0.15, 0.2) is 5.84 Å². The van der Waals surface area contributed by atoms with Crippen LogP contribution in [-0.4, -0.2) is 34.6 Å². The molecule has 0 spiro atoms. The monoisotopic (exact) mass is 203 g/mol. The SMILES string of the molecule is CCC(NC1CCSC1)C(N)=NO. The lowest BCUT2D eigenvalue weighted by molar-refractivity contribution is 0.313. The Balaban J connectivity index is 2.38. The van der Waals surface area contributed by atoms with E-state index in [1.807, 2.05) is 18.7 Å². The van der Waals surface area contributed by atoms with Gasteiger partial charge in [-0.15, -0.1) is 0 Å². The average Bonchev–Trinajstić information content (AvgIpc) is 2.65. The minimum absolute atomic E-state index is 0.0219. The van der Waals surface area contributed by atoms with Gasteiger partial charge >= 0.3 is 0 Å². The summed E-state index contributed by atoms with van der Waals surface area (Å²) in [5.41, 5.74) is 5.54. The topological polar surface area (TPSA) is 70.6 Å². The van der Waals surface area contributed by atoms with E-state index < -0.39 is 0 Å².